The Morgan fingerprint density at radius 2 is 1.38 bits per heavy atom. The first-order chi connectivity index (χ1) is 7.83. The molecule has 16 heavy (non-hydrogen) atoms. The van der Waals surface area contributed by atoms with E-state index in [1.54, 1.807) is 0 Å². The van der Waals surface area contributed by atoms with Gasteiger partial charge in [-0.25, -0.2) is 0 Å². The summed E-state index contributed by atoms with van der Waals surface area (Å²) in [6, 6.07) is 8.16. The number of hydrogen-bond acceptors (Lipinski definition) is 2. The van der Waals surface area contributed by atoms with Gasteiger partial charge in [-0.05, 0) is 37.0 Å². The lowest BCUT2D eigenvalue weighted by Crippen LogP contribution is -1.89. The van der Waals surface area contributed by atoms with Gasteiger partial charge in [0.15, 0.2) is 0 Å². The van der Waals surface area contributed by atoms with Gasteiger partial charge in [-0.1, -0.05) is 37.8 Å². The molecular formula is C14H23NO. The van der Waals surface area contributed by atoms with Crippen LogP contribution in [0.5, 0.6) is 0 Å². The molecule has 0 heterocycles. The zero-order valence-corrected chi connectivity index (χ0v) is 9.99. The summed E-state index contributed by atoms with van der Waals surface area (Å²) in [6.07, 6.45) is 8.35. The van der Waals surface area contributed by atoms with Crippen LogP contribution in [0.1, 0.15) is 44.1 Å². The third-order valence-electron chi connectivity index (χ3n) is 2.85. The summed E-state index contributed by atoms with van der Waals surface area (Å²) < 4.78 is 0. The molecule has 0 radical (unpaired) electrons. The first-order valence-corrected chi connectivity index (χ1v) is 6.28. The summed E-state index contributed by atoms with van der Waals surface area (Å²) in [4.78, 5) is 0. The second-order valence-electron chi connectivity index (χ2n) is 4.34. The Morgan fingerprint density at radius 1 is 0.812 bits per heavy atom. The van der Waals surface area contributed by atoms with E-state index in [1.165, 1.54) is 37.7 Å². The first-order valence-electron chi connectivity index (χ1n) is 6.28. The Balaban J connectivity index is 2.01. The Kier molecular flexibility index (Phi) is 6.66. The van der Waals surface area contributed by atoms with Gasteiger partial charge in [0.25, 0.3) is 0 Å². The van der Waals surface area contributed by atoms with Crippen LogP contribution >= 0.6 is 0 Å². The lowest BCUT2D eigenvalue weighted by molar-refractivity contribution is 0.282. The quantitative estimate of drug-likeness (QED) is 0.523. The maximum absolute atomic E-state index is 8.63. The van der Waals surface area contributed by atoms with Gasteiger partial charge in [-0.3, -0.25) is 0 Å². The van der Waals surface area contributed by atoms with Gasteiger partial charge < -0.3 is 10.8 Å². The van der Waals surface area contributed by atoms with E-state index in [2.05, 4.69) is 12.1 Å². The highest BCUT2D eigenvalue weighted by Crippen LogP contribution is 2.11. The minimum Gasteiger partial charge on any atom is -0.399 e. The van der Waals surface area contributed by atoms with Crippen LogP contribution in [0, 0.1) is 0 Å². The topological polar surface area (TPSA) is 46.2 Å². The van der Waals surface area contributed by atoms with E-state index >= 15 is 0 Å². The van der Waals surface area contributed by atoms with Crippen molar-refractivity contribution in [1.82, 2.24) is 0 Å². The van der Waals surface area contributed by atoms with Crippen molar-refractivity contribution in [1.29, 1.82) is 0 Å². The molecule has 0 saturated heterocycles. The Morgan fingerprint density at radius 3 is 2.00 bits per heavy atom. The number of nitrogens with two attached hydrogens (primary N) is 1. The van der Waals surface area contributed by atoms with Crippen molar-refractivity contribution in [2.75, 3.05) is 12.3 Å². The Hall–Kier alpha value is -1.02. The van der Waals surface area contributed by atoms with E-state index < -0.39 is 0 Å². The molecule has 0 spiro atoms. The average molecular weight is 221 g/mol. The lowest BCUT2D eigenvalue weighted by atomic mass is 10.0. The minimum absolute atomic E-state index is 0.339. The number of aryl methyl sites for hydroxylation is 1. The summed E-state index contributed by atoms with van der Waals surface area (Å²) in [5.41, 5.74) is 7.85. The lowest BCUT2D eigenvalue weighted by Gasteiger charge is -2.02. The van der Waals surface area contributed by atoms with Crippen molar-refractivity contribution >= 4 is 5.69 Å². The Bertz CT molecular complexity index is 269. The van der Waals surface area contributed by atoms with Gasteiger partial charge in [-0.2, -0.15) is 0 Å². The molecule has 0 unspecified atom stereocenters. The van der Waals surface area contributed by atoms with Crippen molar-refractivity contribution in [2.45, 2.75) is 44.9 Å². The summed E-state index contributed by atoms with van der Waals surface area (Å²) >= 11 is 0. The van der Waals surface area contributed by atoms with Gasteiger partial charge in [0, 0.05) is 12.3 Å². The van der Waals surface area contributed by atoms with Crippen molar-refractivity contribution in [2.24, 2.45) is 0 Å². The third kappa shape index (κ3) is 5.76. The van der Waals surface area contributed by atoms with Crippen molar-refractivity contribution < 1.29 is 5.11 Å². The SMILES string of the molecule is Nc1ccc(CCCCCCCCO)cc1. The van der Waals surface area contributed by atoms with Crippen molar-refractivity contribution in [3.05, 3.63) is 29.8 Å². The van der Waals surface area contributed by atoms with Crippen LogP contribution < -0.4 is 5.73 Å². The molecule has 1 aromatic carbocycles. The van der Waals surface area contributed by atoms with Crippen LogP contribution in [0.4, 0.5) is 5.69 Å². The number of anilines is 1. The molecule has 90 valence electrons. The average Bonchev–Trinajstić information content (AvgIpc) is 2.30. The number of aliphatic hydroxyl groups excluding tert-OH is 1. The monoisotopic (exact) mass is 221 g/mol. The first kappa shape index (κ1) is 13.0. The molecule has 2 nitrogen and oxygen atoms in total. The predicted octanol–water partition coefficient (Wildman–Crippen LogP) is 3.14. The van der Waals surface area contributed by atoms with Gasteiger partial charge in [0.2, 0.25) is 0 Å². The van der Waals surface area contributed by atoms with E-state index in [0.29, 0.717) is 6.61 Å². The third-order valence-corrected chi connectivity index (χ3v) is 2.85. The standard InChI is InChI=1S/C14H23NO/c15-14-10-8-13(9-11-14)7-5-3-1-2-4-6-12-16/h8-11,16H,1-7,12,15H2. The second-order valence-corrected chi connectivity index (χ2v) is 4.34. The summed E-state index contributed by atoms with van der Waals surface area (Å²) in [5, 5.41) is 8.63. The van der Waals surface area contributed by atoms with Crippen LogP contribution in [0.25, 0.3) is 0 Å². The number of benzene rings is 1. The zero-order chi connectivity index (χ0) is 11.6. The van der Waals surface area contributed by atoms with Gasteiger partial charge in [-0.15, -0.1) is 0 Å². The summed E-state index contributed by atoms with van der Waals surface area (Å²) in [7, 11) is 0. The smallest absolute Gasteiger partial charge is 0.0431 e. The molecule has 2 heteroatoms. The van der Waals surface area contributed by atoms with E-state index in [4.69, 9.17) is 10.8 Å². The molecular weight excluding hydrogens is 198 g/mol. The minimum atomic E-state index is 0.339. The molecule has 0 fully saturated rings. The molecule has 1 rings (SSSR count). The molecule has 0 aliphatic rings. The van der Waals surface area contributed by atoms with E-state index in [-0.39, 0.29) is 0 Å². The van der Waals surface area contributed by atoms with Crippen LogP contribution in [0.3, 0.4) is 0 Å². The molecule has 1 aromatic rings. The van der Waals surface area contributed by atoms with E-state index in [0.717, 1.165) is 18.5 Å². The second kappa shape index (κ2) is 8.17. The fraction of sp³-hybridized carbons (Fsp3) is 0.571. The molecule has 0 aliphatic carbocycles. The normalized spacial score (nSPS) is 10.6. The highest BCUT2D eigenvalue weighted by atomic mass is 16.2. The van der Waals surface area contributed by atoms with Crippen LogP contribution in [0.2, 0.25) is 0 Å². The van der Waals surface area contributed by atoms with E-state index in [9.17, 15) is 0 Å². The van der Waals surface area contributed by atoms with Gasteiger partial charge in [0.1, 0.15) is 0 Å². The molecule has 0 aliphatic heterocycles. The molecule has 0 bridgehead atoms. The van der Waals surface area contributed by atoms with Gasteiger partial charge >= 0.3 is 0 Å². The zero-order valence-electron chi connectivity index (χ0n) is 9.99. The fourth-order valence-corrected chi connectivity index (χ4v) is 1.83. The Labute approximate surface area is 98.5 Å². The van der Waals surface area contributed by atoms with Crippen molar-refractivity contribution in [3.63, 3.8) is 0 Å². The fourth-order valence-electron chi connectivity index (χ4n) is 1.83. The number of nitrogen functional groups attached to an aromatic ring is 1. The number of aliphatic hydroxyl groups is 1. The molecule has 0 aromatic heterocycles. The number of unbranched alkanes of at least 4 members (excludes halogenated alkanes) is 5. The molecule has 0 amide bonds. The number of hydrogen-bond donors (Lipinski definition) is 2. The molecule has 3 N–H and O–H groups in total. The maximum Gasteiger partial charge on any atom is 0.0431 e. The molecule has 0 atom stereocenters. The summed E-state index contributed by atoms with van der Waals surface area (Å²) in [5.74, 6) is 0. The van der Waals surface area contributed by atoms with E-state index in [1.807, 2.05) is 12.1 Å². The largest absolute Gasteiger partial charge is 0.399 e. The highest BCUT2D eigenvalue weighted by molar-refractivity contribution is 5.39. The molecule has 0 saturated carbocycles. The number of rotatable bonds is 8. The van der Waals surface area contributed by atoms with Crippen molar-refractivity contribution in [3.8, 4) is 0 Å². The van der Waals surface area contributed by atoms with Gasteiger partial charge in [0.05, 0.1) is 0 Å². The van der Waals surface area contributed by atoms with Crippen LogP contribution in [-0.2, 0) is 6.42 Å². The highest BCUT2D eigenvalue weighted by Gasteiger charge is 1.94. The predicted molar refractivity (Wildman–Crippen MR) is 69.3 cm³/mol. The van der Waals surface area contributed by atoms with Crippen LogP contribution in [-0.4, -0.2) is 11.7 Å². The van der Waals surface area contributed by atoms with Crippen LogP contribution in [0.15, 0.2) is 24.3 Å². The maximum atomic E-state index is 8.63. The summed E-state index contributed by atoms with van der Waals surface area (Å²) in [6.45, 7) is 0.339.